The molecule has 1 aromatic carbocycles. The summed E-state index contributed by atoms with van der Waals surface area (Å²) < 4.78 is 25.0. The van der Waals surface area contributed by atoms with Crippen molar-refractivity contribution >= 4 is 0 Å². The van der Waals surface area contributed by atoms with Gasteiger partial charge in [0.25, 0.3) is 0 Å². The van der Waals surface area contributed by atoms with Gasteiger partial charge in [-0.2, -0.15) is 5.10 Å². The number of nitrogens with zero attached hydrogens (tertiary/aromatic N) is 3. The third-order valence-electron chi connectivity index (χ3n) is 4.73. The Morgan fingerprint density at radius 3 is 3.04 bits per heavy atom. The fraction of sp³-hybridized carbons (Fsp3) is 0.333. The maximum Gasteiger partial charge on any atom is 0.165 e. The smallest absolute Gasteiger partial charge is 0.165 e. The van der Waals surface area contributed by atoms with Gasteiger partial charge in [-0.25, -0.2) is 4.39 Å². The monoisotopic (exact) mass is 382 g/mol. The van der Waals surface area contributed by atoms with Crippen molar-refractivity contribution in [1.29, 1.82) is 0 Å². The molecule has 3 aromatic rings. The van der Waals surface area contributed by atoms with Crippen LogP contribution in [0.2, 0.25) is 0 Å². The second-order valence-corrected chi connectivity index (χ2v) is 6.80. The molecule has 28 heavy (non-hydrogen) atoms. The highest BCUT2D eigenvalue weighted by molar-refractivity contribution is 5.23. The van der Waals surface area contributed by atoms with Gasteiger partial charge < -0.3 is 9.47 Å². The van der Waals surface area contributed by atoms with E-state index in [0.717, 1.165) is 31.0 Å². The number of aromatic amines is 1. The van der Waals surface area contributed by atoms with Crippen molar-refractivity contribution in [2.45, 2.75) is 19.1 Å². The summed E-state index contributed by atoms with van der Waals surface area (Å²) >= 11 is 0. The van der Waals surface area contributed by atoms with Crippen LogP contribution < -0.4 is 4.74 Å². The van der Waals surface area contributed by atoms with Crippen LogP contribution in [0.4, 0.5) is 4.39 Å². The summed E-state index contributed by atoms with van der Waals surface area (Å²) in [5.74, 6) is -0.0824. The lowest BCUT2D eigenvalue weighted by Gasteiger charge is -2.32. The topological polar surface area (TPSA) is 63.3 Å². The second-order valence-electron chi connectivity index (χ2n) is 6.80. The lowest BCUT2D eigenvalue weighted by Crippen LogP contribution is -2.37. The van der Waals surface area contributed by atoms with Gasteiger partial charge in [-0.1, -0.05) is 18.2 Å². The number of para-hydroxylation sites is 1. The van der Waals surface area contributed by atoms with Crippen LogP contribution in [0.5, 0.6) is 5.75 Å². The predicted molar refractivity (Wildman–Crippen MR) is 102 cm³/mol. The molecule has 1 N–H and O–H groups in total. The fourth-order valence-electron chi connectivity index (χ4n) is 3.28. The number of aromatic nitrogens is 3. The van der Waals surface area contributed by atoms with Crippen molar-refractivity contribution in [2.75, 3.05) is 26.3 Å². The Bertz CT molecular complexity index is 887. The molecule has 0 bridgehead atoms. The first-order valence-electron chi connectivity index (χ1n) is 9.42. The van der Waals surface area contributed by atoms with Crippen LogP contribution >= 0.6 is 0 Å². The number of morpholine rings is 1. The molecular formula is C21H23FN4O2. The zero-order chi connectivity index (χ0) is 19.2. The molecule has 1 atom stereocenters. The number of halogens is 1. The molecule has 0 amide bonds. The van der Waals surface area contributed by atoms with E-state index in [1.807, 2.05) is 18.3 Å². The van der Waals surface area contributed by atoms with Crippen LogP contribution in [-0.2, 0) is 17.7 Å². The Kier molecular flexibility index (Phi) is 5.94. The quantitative estimate of drug-likeness (QED) is 0.680. The summed E-state index contributed by atoms with van der Waals surface area (Å²) in [5, 5.41) is 7.44. The molecule has 2 aromatic heterocycles. The molecule has 1 aliphatic heterocycles. The van der Waals surface area contributed by atoms with Gasteiger partial charge >= 0.3 is 0 Å². The molecule has 0 radical (unpaired) electrons. The van der Waals surface area contributed by atoms with Crippen molar-refractivity contribution in [2.24, 2.45) is 0 Å². The molecule has 7 heteroatoms. The molecule has 1 aliphatic rings. The van der Waals surface area contributed by atoms with Gasteiger partial charge in [0.15, 0.2) is 11.6 Å². The Morgan fingerprint density at radius 1 is 1.25 bits per heavy atom. The number of pyridine rings is 1. The number of ether oxygens (including phenoxy) is 2. The molecule has 1 saturated heterocycles. The highest BCUT2D eigenvalue weighted by atomic mass is 19.1. The van der Waals surface area contributed by atoms with E-state index in [1.54, 1.807) is 24.4 Å². The molecule has 1 fully saturated rings. The lowest BCUT2D eigenvalue weighted by molar-refractivity contribution is -0.0350. The van der Waals surface area contributed by atoms with E-state index in [1.165, 1.54) is 11.6 Å². The fourth-order valence-corrected chi connectivity index (χ4v) is 3.28. The Morgan fingerprint density at radius 2 is 2.18 bits per heavy atom. The van der Waals surface area contributed by atoms with Crippen LogP contribution in [0.25, 0.3) is 0 Å². The Balaban J connectivity index is 1.30. The van der Waals surface area contributed by atoms with E-state index in [2.05, 4.69) is 26.1 Å². The van der Waals surface area contributed by atoms with Gasteiger partial charge in [-0.15, -0.1) is 0 Å². The summed E-state index contributed by atoms with van der Waals surface area (Å²) in [5.41, 5.74) is 3.02. The Labute approximate surface area is 163 Å². The summed E-state index contributed by atoms with van der Waals surface area (Å²) in [6.45, 7) is 3.57. The van der Waals surface area contributed by atoms with Gasteiger partial charge in [-0.3, -0.25) is 15.0 Å². The second kappa shape index (κ2) is 8.95. The van der Waals surface area contributed by atoms with Crippen molar-refractivity contribution in [1.82, 2.24) is 20.1 Å². The number of benzene rings is 1. The summed E-state index contributed by atoms with van der Waals surface area (Å²) in [6, 6.07) is 12.5. The molecule has 0 spiro atoms. The van der Waals surface area contributed by atoms with Crippen LogP contribution in [0.1, 0.15) is 23.1 Å². The molecule has 146 valence electrons. The summed E-state index contributed by atoms with van der Waals surface area (Å²) in [7, 11) is 0. The third kappa shape index (κ3) is 4.74. The van der Waals surface area contributed by atoms with Crippen LogP contribution in [0.15, 0.2) is 54.9 Å². The van der Waals surface area contributed by atoms with Gasteiger partial charge in [0.2, 0.25) is 0 Å². The highest BCUT2D eigenvalue weighted by Gasteiger charge is 2.24. The van der Waals surface area contributed by atoms with Crippen LogP contribution in [0, 0.1) is 5.82 Å². The van der Waals surface area contributed by atoms with E-state index in [9.17, 15) is 4.39 Å². The average Bonchev–Trinajstić information content (AvgIpc) is 3.19. The maximum absolute atomic E-state index is 13.6. The summed E-state index contributed by atoms with van der Waals surface area (Å²) in [4.78, 5) is 6.52. The van der Waals surface area contributed by atoms with Crippen molar-refractivity contribution in [3.8, 4) is 5.75 Å². The minimum Gasteiger partial charge on any atom is -0.490 e. The Hall–Kier alpha value is -2.77. The zero-order valence-corrected chi connectivity index (χ0v) is 15.6. The number of hydrogen-bond acceptors (Lipinski definition) is 5. The molecule has 0 aliphatic carbocycles. The first-order chi connectivity index (χ1) is 13.8. The first kappa shape index (κ1) is 18.6. The van der Waals surface area contributed by atoms with E-state index in [0.29, 0.717) is 19.6 Å². The zero-order valence-electron chi connectivity index (χ0n) is 15.6. The molecule has 3 heterocycles. The number of hydrogen-bond donors (Lipinski definition) is 1. The maximum atomic E-state index is 13.6. The minimum absolute atomic E-state index is 0.0668. The number of rotatable bonds is 7. The number of nitrogens with one attached hydrogen (secondary N) is 1. The van der Waals surface area contributed by atoms with Gasteiger partial charge in [0.1, 0.15) is 6.10 Å². The molecule has 0 saturated carbocycles. The van der Waals surface area contributed by atoms with E-state index in [-0.39, 0.29) is 17.7 Å². The summed E-state index contributed by atoms with van der Waals surface area (Å²) in [6.07, 6.45) is 4.23. The number of H-pyrrole nitrogens is 1. The highest BCUT2D eigenvalue weighted by Crippen LogP contribution is 2.22. The van der Waals surface area contributed by atoms with E-state index < -0.39 is 0 Å². The van der Waals surface area contributed by atoms with Crippen LogP contribution in [-0.4, -0.2) is 46.4 Å². The van der Waals surface area contributed by atoms with Crippen molar-refractivity contribution in [3.63, 3.8) is 0 Å². The average molecular weight is 382 g/mol. The SMILES string of the molecule is Fc1ccccc1OCCc1cc([C@H]2CN(Cc3cccnc3)CCO2)n[nH]1. The molecule has 4 rings (SSSR count). The van der Waals surface area contributed by atoms with Gasteiger partial charge in [0, 0.05) is 44.1 Å². The molecule has 0 unspecified atom stereocenters. The first-order valence-corrected chi connectivity index (χ1v) is 9.42. The lowest BCUT2D eigenvalue weighted by atomic mass is 10.1. The minimum atomic E-state index is -0.350. The van der Waals surface area contributed by atoms with Gasteiger partial charge in [0.05, 0.1) is 18.9 Å². The predicted octanol–water partition coefficient (Wildman–Crippen LogP) is 3.14. The van der Waals surface area contributed by atoms with Crippen molar-refractivity contribution in [3.05, 3.63) is 77.6 Å². The molecule has 6 nitrogen and oxygen atoms in total. The third-order valence-corrected chi connectivity index (χ3v) is 4.73. The van der Waals surface area contributed by atoms with E-state index >= 15 is 0 Å². The molecular weight excluding hydrogens is 359 g/mol. The standard InChI is InChI=1S/C21H23FN4O2/c22-18-5-1-2-6-20(18)27-10-7-17-12-19(25-24-17)21-15-26(9-11-28-21)14-16-4-3-8-23-13-16/h1-6,8,12-13,21H,7,9-11,14-15H2,(H,24,25)/t21-/m1/s1. The van der Waals surface area contributed by atoms with Gasteiger partial charge in [-0.05, 0) is 29.8 Å². The normalized spacial score (nSPS) is 17.5. The van der Waals surface area contributed by atoms with Crippen molar-refractivity contribution < 1.29 is 13.9 Å². The van der Waals surface area contributed by atoms with Crippen LogP contribution in [0.3, 0.4) is 0 Å². The largest absolute Gasteiger partial charge is 0.490 e. The van der Waals surface area contributed by atoms with E-state index in [4.69, 9.17) is 9.47 Å².